The van der Waals surface area contributed by atoms with Gasteiger partial charge in [0.2, 0.25) is 0 Å². The van der Waals surface area contributed by atoms with Gasteiger partial charge in [-0.25, -0.2) is 0 Å². The van der Waals surface area contributed by atoms with Gasteiger partial charge >= 0.3 is 0 Å². The Kier molecular flexibility index (Phi) is 6.84. The molecule has 0 aliphatic rings. The minimum atomic E-state index is 0.896. The van der Waals surface area contributed by atoms with Crippen molar-refractivity contribution in [1.82, 2.24) is 0 Å². The van der Waals surface area contributed by atoms with Crippen LogP contribution in [0.15, 0.2) is 192 Å². The van der Waals surface area contributed by atoms with Gasteiger partial charge in [0.15, 0.2) is 0 Å². The van der Waals surface area contributed by atoms with Gasteiger partial charge in [0.05, 0.1) is 0 Å². The molecular weight excluding hydrogens is 583 g/mol. The van der Waals surface area contributed by atoms with Crippen LogP contribution < -0.4 is 4.90 Å². The Morgan fingerprint density at radius 3 is 1.40 bits per heavy atom. The van der Waals surface area contributed by atoms with Gasteiger partial charge in [-0.1, -0.05) is 127 Å². The highest BCUT2D eigenvalue weighted by Gasteiger charge is 2.15. The summed E-state index contributed by atoms with van der Waals surface area (Å²) < 4.78 is 6.42. The van der Waals surface area contributed by atoms with Crippen LogP contribution in [0.3, 0.4) is 0 Å². The first-order valence-electron chi connectivity index (χ1n) is 16.3. The highest BCUT2D eigenvalue weighted by atomic mass is 16.3. The van der Waals surface area contributed by atoms with E-state index in [9.17, 15) is 0 Å². The number of fused-ring (bicyclic) bond motifs is 4. The lowest BCUT2D eigenvalue weighted by Crippen LogP contribution is -2.10. The van der Waals surface area contributed by atoms with Crippen molar-refractivity contribution in [2.45, 2.75) is 0 Å². The fraction of sp³-hybridized carbons (Fsp3) is 0. The largest absolute Gasteiger partial charge is 0.456 e. The minimum Gasteiger partial charge on any atom is -0.456 e. The van der Waals surface area contributed by atoms with Crippen LogP contribution in [-0.4, -0.2) is 0 Å². The summed E-state index contributed by atoms with van der Waals surface area (Å²) in [6.07, 6.45) is 0. The zero-order valence-electron chi connectivity index (χ0n) is 26.3. The maximum Gasteiger partial charge on any atom is 0.136 e. The van der Waals surface area contributed by atoms with Crippen molar-refractivity contribution >= 4 is 49.8 Å². The molecule has 226 valence electrons. The number of nitrogens with zero attached hydrogens (tertiary/aromatic N) is 1. The molecule has 0 aliphatic heterocycles. The third-order valence-corrected chi connectivity index (χ3v) is 9.24. The summed E-state index contributed by atoms with van der Waals surface area (Å²) >= 11 is 0. The summed E-state index contributed by atoms with van der Waals surface area (Å²) in [5.41, 5.74) is 12.1. The van der Waals surface area contributed by atoms with E-state index in [-0.39, 0.29) is 0 Å². The average Bonchev–Trinajstić information content (AvgIpc) is 3.52. The molecule has 0 radical (unpaired) electrons. The molecule has 0 saturated carbocycles. The highest BCUT2D eigenvalue weighted by molar-refractivity contribution is 6.10. The molecule has 0 fully saturated rings. The summed E-state index contributed by atoms with van der Waals surface area (Å²) in [7, 11) is 0. The molecule has 0 unspecified atom stereocenters. The molecule has 1 aromatic heterocycles. The molecule has 0 bridgehead atoms. The van der Waals surface area contributed by atoms with Crippen LogP contribution in [0.1, 0.15) is 0 Å². The molecule has 0 N–H and O–H groups in total. The quantitative estimate of drug-likeness (QED) is 0.185. The highest BCUT2D eigenvalue weighted by Crippen LogP contribution is 2.40. The Balaban J connectivity index is 1.13. The van der Waals surface area contributed by atoms with Gasteiger partial charge in [0.1, 0.15) is 11.2 Å². The van der Waals surface area contributed by atoms with E-state index in [0.29, 0.717) is 0 Å². The summed E-state index contributed by atoms with van der Waals surface area (Å²) in [5.74, 6) is 0. The molecule has 1 heterocycles. The predicted octanol–water partition coefficient (Wildman–Crippen LogP) is 13.2. The van der Waals surface area contributed by atoms with Crippen molar-refractivity contribution < 1.29 is 4.42 Å². The molecule has 2 nitrogen and oxygen atoms in total. The Hall–Kier alpha value is -6.38. The number of hydrogen-bond donors (Lipinski definition) is 0. The van der Waals surface area contributed by atoms with Crippen molar-refractivity contribution in [3.8, 4) is 33.4 Å². The fourth-order valence-electron chi connectivity index (χ4n) is 6.78. The van der Waals surface area contributed by atoms with Crippen molar-refractivity contribution in [1.29, 1.82) is 0 Å². The van der Waals surface area contributed by atoms with E-state index in [1.54, 1.807) is 0 Å². The fourth-order valence-corrected chi connectivity index (χ4v) is 6.78. The summed E-state index contributed by atoms with van der Waals surface area (Å²) in [5, 5.41) is 4.69. The zero-order chi connectivity index (χ0) is 31.9. The molecule has 0 amide bonds. The molecule has 0 spiro atoms. The number of anilines is 3. The maximum atomic E-state index is 6.42. The molecular formula is C46H31NO. The van der Waals surface area contributed by atoms with E-state index in [1.807, 2.05) is 0 Å². The first-order chi connectivity index (χ1) is 23.8. The molecule has 0 atom stereocenters. The van der Waals surface area contributed by atoms with Crippen molar-refractivity contribution in [2.24, 2.45) is 0 Å². The lowest BCUT2D eigenvalue weighted by atomic mass is 10.0. The van der Waals surface area contributed by atoms with E-state index in [0.717, 1.165) is 50.1 Å². The SMILES string of the molecule is c1ccc(-c2ccc(N(c3ccc(-c4ccccc4)cc3)c3cccc(-c4ccc5c(c4)oc4cc6ccccc6cc45)c3)cc2)cc1. The summed E-state index contributed by atoms with van der Waals surface area (Å²) in [6.45, 7) is 0. The van der Waals surface area contributed by atoms with Crippen LogP contribution in [0.2, 0.25) is 0 Å². The second-order valence-electron chi connectivity index (χ2n) is 12.2. The van der Waals surface area contributed by atoms with Crippen molar-refractivity contribution in [3.05, 3.63) is 188 Å². The van der Waals surface area contributed by atoms with Crippen LogP contribution in [0.5, 0.6) is 0 Å². The average molecular weight is 614 g/mol. The molecule has 48 heavy (non-hydrogen) atoms. The lowest BCUT2D eigenvalue weighted by molar-refractivity contribution is 0.669. The Morgan fingerprint density at radius 1 is 0.292 bits per heavy atom. The first-order valence-corrected chi connectivity index (χ1v) is 16.3. The number of rotatable bonds is 6. The molecule has 0 aliphatic carbocycles. The van der Waals surface area contributed by atoms with Crippen LogP contribution >= 0.6 is 0 Å². The molecule has 9 aromatic rings. The van der Waals surface area contributed by atoms with Crippen molar-refractivity contribution in [3.63, 3.8) is 0 Å². The van der Waals surface area contributed by atoms with Crippen LogP contribution in [0.25, 0.3) is 66.1 Å². The Bertz CT molecular complexity index is 2450. The Morgan fingerprint density at radius 2 is 0.771 bits per heavy atom. The van der Waals surface area contributed by atoms with E-state index < -0.39 is 0 Å². The van der Waals surface area contributed by atoms with Gasteiger partial charge in [-0.15, -0.1) is 0 Å². The van der Waals surface area contributed by atoms with Crippen molar-refractivity contribution in [2.75, 3.05) is 4.90 Å². The van der Waals surface area contributed by atoms with Crippen LogP contribution in [0, 0.1) is 0 Å². The van der Waals surface area contributed by atoms with E-state index in [4.69, 9.17) is 4.42 Å². The van der Waals surface area contributed by atoms with Gasteiger partial charge in [0.25, 0.3) is 0 Å². The predicted molar refractivity (Wildman–Crippen MR) is 202 cm³/mol. The third-order valence-electron chi connectivity index (χ3n) is 9.24. The van der Waals surface area contributed by atoms with Gasteiger partial charge in [-0.05, 0) is 105 Å². The molecule has 9 rings (SSSR count). The van der Waals surface area contributed by atoms with E-state index in [2.05, 4.69) is 193 Å². The van der Waals surface area contributed by atoms with Gasteiger partial charge in [-0.2, -0.15) is 0 Å². The Labute approximate surface area is 279 Å². The zero-order valence-corrected chi connectivity index (χ0v) is 26.3. The first kappa shape index (κ1) is 27.9. The molecule has 0 saturated heterocycles. The number of hydrogen-bond acceptors (Lipinski definition) is 2. The van der Waals surface area contributed by atoms with Gasteiger partial charge < -0.3 is 9.32 Å². The van der Waals surface area contributed by atoms with Crippen LogP contribution in [0.4, 0.5) is 17.1 Å². The third kappa shape index (κ3) is 5.10. The monoisotopic (exact) mass is 613 g/mol. The second kappa shape index (κ2) is 11.8. The van der Waals surface area contributed by atoms with Gasteiger partial charge in [-0.3, -0.25) is 0 Å². The smallest absolute Gasteiger partial charge is 0.136 e. The standard InChI is InChI=1S/C46H31NO/c1-3-10-32(11-4-1)34-18-23-40(24-19-34)47(41-25-20-35(21-26-41)33-12-5-2-6-13-33)42-17-9-16-36(28-42)39-22-27-43-44-29-37-14-7-8-15-38(37)30-46(44)48-45(43)31-39/h1-31H. The van der Waals surface area contributed by atoms with Gasteiger partial charge in [0, 0.05) is 27.8 Å². The van der Waals surface area contributed by atoms with Crippen LogP contribution in [-0.2, 0) is 0 Å². The molecule has 8 aromatic carbocycles. The maximum absolute atomic E-state index is 6.42. The lowest BCUT2D eigenvalue weighted by Gasteiger charge is -2.26. The van der Waals surface area contributed by atoms with E-state index >= 15 is 0 Å². The number of furan rings is 1. The summed E-state index contributed by atoms with van der Waals surface area (Å²) in [6, 6.07) is 66.9. The minimum absolute atomic E-state index is 0.896. The summed E-state index contributed by atoms with van der Waals surface area (Å²) in [4.78, 5) is 2.33. The second-order valence-corrected chi connectivity index (χ2v) is 12.2. The normalized spacial score (nSPS) is 11.3. The topological polar surface area (TPSA) is 16.4 Å². The van der Waals surface area contributed by atoms with E-state index in [1.165, 1.54) is 33.0 Å². The number of benzene rings is 8. The molecule has 2 heteroatoms.